The van der Waals surface area contributed by atoms with Crippen molar-refractivity contribution in [1.29, 1.82) is 0 Å². The fourth-order valence-corrected chi connectivity index (χ4v) is 3.72. The Morgan fingerprint density at radius 3 is 2.30 bits per heavy atom. The fourth-order valence-electron chi connectivity index (χ4n) is 2.69. The van der Waals surface area contributed by atoms with Gasteiger partial charge in [0.1, 0.15) is 24.6 Å². The number of ether oxygens (including phenoxy) is 4. The molecule has 172 valence electrons. The summed E-state index contributed by atoms with van der Waals surface area (Å²) in [4.78, 5) is 17.3. The average molecular weight is 535 g/mol. The molecule has 12 nitrogen and oxygen atoms in total. The highest BCUT2D eigenvalue weighted by molar-refractivity contribution is 9.10. The van der Waals surface area contributed by atoms with Gasteiger partial charge in [0.25, 0.3) is 5.95 Å². The number of hydrogen-bond acceptors (Lipinski definition) is 12. The van der Waals surface area contributed by atoms with E-state index in [2.05, 4.69) is 51.4 Å². The van der Waals surface area contributed by atoms with Crippen molar-refractivity contribution in [3.05, 3.63) is 35.3 Å². The minimum absolute atomic E-state index is 0.335. The highest BCUT2D eigenvalue weighted by Gasteiger charge is 2.17. The molecule has 0 bridgehead atoms. The van der Waals surface area contributed by atoms with Gasteiger partial charge >= 0.3 is 0 Å². The number of tetrazole rings is 1. The third-order valence-electron chi connectivity index (χ3n) is 4.18. The lowest BCUT2D eigenvalue weighted by molar-refractivity contribution is 0.132. The summed E-state index contributed by atoms with van der Waals surface area (Å²) in [6.07, 6.45) is 4.71. The molecule has 0 radical (unpaired) electrons. The van der Waals surface area contributed by atoms with Crippen molar-refractivity contribution in [2.45, 2.75) is 10.2 Å². The topological polar surface area (TPSA) is 132 Å². The quantitative estimate of drug-likeness (QED) is 0.206. The van der Waals surface area contributed by atoms with Gasteiger partial charge in [-0.05, 0) is 44.2 Å². The third kappa shape index (κ3) is 5.71. The summed E-state index contributed by atoms with van der Waals surface area (Å²) in [6.45, 7) is 1.61. The van der Waals surface area contributed by atoms with E-state index in [1.165, 1.54) is 22.8 Å². The maximum absolute atomic E-state index is 5.89. The lowest BCUT2D eigenvalue weighted by Crippen LogP contribution is -2.09. The van der Waals surface area contributed by atoms with Crippen LogP contribution in [0.1, 0.15) is 0 Å². The second-order valence-corrected chi connectivity index (χ2v) is 8.23. The summed E-state index contributed by atoms with van der Waals surface area (Å²) in [5, 5.41) is 13.7. The zero-order chi connectivity index (χ0) is 23.0. The Balaban J connectivity index is 1.68. The Labute approximate surface area is 201 Å². The van der Waals surface area contributed by atoms with Crippen LogP contribution in [0, 0.1) is 0 Å². The van der Waals surface area contributed by atoms with E-state index >= 15 is 0 Å². The smallest absolute Gasteiger partial charge is 0.254 e. The first-order valence-corrected chi connectivity index (χ1v) is 11.3. The fraction of sp³-hybridized carbons (Fsp3) is 0.316. The summed E-state index contributed by atoms with van der Waals surface area (Å²) >= 11 is 4.57. The second kappa shape index (κ2) is 11.3. The predicted molar refractivity (Wildman–Crippen MR) is 121 cm³/mol. The average Bonchev–Trinajstić information content (AvgIpc) is 3.28. The zero-order valence-corrected chi connectivity index (χ0v) is 20.1. The third-order valence-corrected chi connectivity index (χ3v) is 5.54. The Bertz CT molecular complexity index is 1210. The molecule has 33 heavy (non-hydrogen) atoms. The van der Waals surface area contributed by atoms with Crippen LogP contribution in [0.4, 0.5) is 0 Å². The van der Waals surface area contributed by atoms with Gasteiger partial charge < -0.3 is 18.9 Å². The van der Waals surface area contributed by atoms with E-state index in [1.807, 2.05) is 6.07 Å². The van der Waals surface area contributed by atoms with E-state index in [4.69, 9.17) is 18.9 Å². The van der Waals surface area contributed by atoms with E-state index in [9.17, 15) is 0 Å². The summed E-state index contributed by atoms with van der Waals surface area (Å²) in [7, 11) is 3.23. The molecule has 1 aromatic carbocycles. The summed E-state index contributed by atoms with van der Waals surface area (Å²) in [5.74, 6) is 1.43. The number of nitrogens with zero attached hydrogens (tertiary/aromatic N) is 8. The Morgan fingerprint density at radius 1 is 0.909 bits per heavy atom. The van der Waals surface area contributed by atoms with Crippen LogP contribution in [0.25, 0.3) is 16.9 Å². The minimum Gasteiger partial charge on any atom is -0.487 e. The van der Waals surface area contributed by atoms with Crippen molar-refractivity contribution in [2.75, 3.05) is 40.6 Å². The van der Waals surface area contributed by atoms with E-state index in [0.29, 0.717) is 59.6 Å². The number of rotatable bonds is 11. The van der Waals surface area contributed by atoms with Crippen LogP contribution in [-0.4, -0.2) is 80.8 Å². The molecule has 0 aliphatic rings. The Kier molecular flexibility index (Phi) is 7.93. The van der Waals surface area contributed by atoms with Crippen LogP contribution in [0.2, 0.25) is 0 Å². The predicted octanol–water partition coefficient (Wildman–Crippen LogP) is 2.36. The first-order chi connectivity index (χ1) is 16.2. The molecule has 0 saturated carbocycles. The maximum atomic E-state index is 5.89. The van der Waals surface area contributed by atoms with E-state index in [0.717, 1.165) is 9.86 Å². The number of aromatic nitrogens is 8. The van der Waals surface area contributed by atoms with E-state index in [1.54, 1.807) is 32.7 Å². The SMILES string of the molecule is COCCOc1cc2ncnc(Sc3nnnn3-c3ncc(Br)cn3)c2cc1OCCOC. The van der Waals surface area contributed by atoms with Crippen molar-refractivity contribution in [1.82, 2.24) is 40.1 Å². The first kappa shape index (κ1) is 23.2. The highest BCUT2D eigenvalue weighted by Crippen LogP contribution is 2.37. The second-order valence-electron chi connectivity index (χ2n) is 6.35. The van der Waals surface area contributed by atoms with Crippen LogP contribution < -0.4 is 9.47 Å². The van der Waals surface area contributed by atoms with Crippen molar-refractivity contribution in [2.24, 2.45) is 0 Å². The van der Waals surface area contributed by atoms with Crippen LogP contribution in [-0.2, 0) is 9.47 Å². The molecular formula is C19H19BrN8O4S. The minimum atomic E-state index is 0.335. The summed E-state index contributed by atoms with van der Waals surface area (Å²) < 4.78 is 24.1. The number of methoxy groups -OCH3 is 2. The van der Waals surface area contributed by atoms with E-state index < -0.39 is 0 Å². The highest BCUT2D eigenvalue weighted by atomic mass is 79.9. The molecule has 4 rings (SSSR count). The van der Waals surface area contributed by atoms with Crippen molar-refractivity contribution in [3.63, 3.8) is 0 Å². The molecule has 0 aliphatic heterocycles. The molecule has 14 heteroatoms. The van der Waals surface area contributed by atoms with Crippen LogP contribution >= 0.6 is 27.7 Å². The van der Waals surface area contributed by atoms with Gasteiger partial charge in [-0.1, -0.05) is 0 Å². The van der Waals surface area contributed by atoms with Gasteiger partial charge in [-0.25, -0.2) is 19.9 Å². The molecule has 4 aromatic rings. The molecule has 0 spiro atoms. The standard InChI is InChI=1S/C19H19BrN8O4S/c1-29-3-5-31-15-7-13-14(8-16(15)32-6-4-30-2)23-11-24-17(13)33-19-25-26-27-28(19)18-21-9-12(20)10-22-18/h7-11H,3-6H2,1-2H3. The van der Waals surface area contributed by atoms with Gasteiger partial charge in [0.2, 0.25) is 5.16 Å². The normalized spacial score (nSPS) is 11.1. The molecule has 0 N–H and O–H groups in total. The molecule has 0 saturated heterocycles. The lowest BCUT2D eigenvalue weighted by atomic mass is 10.2. The van der Waals surface area contributed by atoms with Gasteiger partial charge in [-0.15, -0.1) is 5.10 Å². The Hall–Kier alpha value is -2.94. The maximum Gasteiger partial charge on any atom is 0.254 e. The Morgan fingerprint density at radius 2 is 1.61 bits per heavy atom. The number of hydrogen-bond donors (Lipinski definition) is 0. The van der Waals surface area contributed by atoms with E-state index in [-0.39, 0.29) is 0 Å². The van der Waals surface area contributed by atoms with Gasteiger partial charge in [0, 0.05) is 38.1 Å². The van der Waals surface area contributed by atoms with Crippen LogP contribution in [0.15, 0.2) is 45.5 Å². The number of halogens is 1. The molecule has 3 heterocycles. The molecule has 0 amide bonds. The van der Waals surface area contributed by atoms with Crippen molar-refractivity contribution in [3.8, 4) is 17.4 Å². The van der Waals surface area contributed by atoms with Crippen molar-refractivity contribution < 1.29 is 18.9 Å². The lowest BCUT2D eigenvalue weighted by Gasteiger charge is -2.14. The number of benzene rings is 1. The van der Waals surface area contributed by atoms with Gasteiger partial charge in [0.15, 0.2) is 11.5 Å². The van der Waals surface area contributed by atoms with Gasteiger partial charge in [-0.3, -0.25) is 0 Å². The largest absolute Gasteiger partial charge is 0.487 e. The van der Waals surface area contributed by atoms with Gasteiger partial charge in [0.05, 0.1) is 23.2 Å². The molecule has 0 fully saturated rings. The van der Waals surface area contributed by atoms with Crippen molar-refractivity contribution >= 4 is 38.6 Å². The monoisotopic (exact) mass is 534 g/mol. The molecular weight excluding hydrogens is 516 g/mol. The van der Waals surface area contributed by atoms with Crippen LogP contribution in [0.3, 0.4) is 0 Å². The molecule has 0 atom stereocenters. The number of fused-ring (bicyclic) bond motifs is 1. The van der Waals surface area contributed by atoms with Crippen LogP contribution in [0.5, 0.6) is 11.5 Å². The zero-order valence-electron chi connectivity index (χ0n) is 17.7. The first-order valence-electron chi connectivity index (χ1n) is 9.66. The molecule has 3 aromatic heterocycles. The summed E-state index contributed by atoms with van der Waals surface area (Å²) in [5.41, 5.74) is 0.679. The summed E-state index contributed by atoms with van der Waals surface area (Å²) in [6, 6.07) is 3.64. The molecule has 0 unspecified atom stereocenters. The molecule has 0 aliphatic carbocycles. The van der Waals surface area contributed by atoms with Gasteiger partial charge in [-0.2, -0.15) is 4.68 Å².